The Labute approximate surface area is 114 Å². The smallest absolute Gasteiger partial charge is 0.138 e. The molecule has 0 saturated carbocycles. The van der Waals surface area contributed by atoms with Gasteiger partial charge in [-0.05, 0) is 32.4 Å². The number of nitrogens with zero attached hydrogens (tertiary/aromatic N) is 3. The minimum absolute atomic E-state index is 0.854. The van der Waals surface area contributed by atoms with Crippen molar-refractivity contribution in [3.05, 3.63) is 42.2 Å². The molecule has 0 aliphatic rings. The van der Waals surface area contributed by atoms with Crippen molar-refractivity contribution in [2.24, 2.45) is 0 Å². The standard InChI is InChI=1S/C15H20N4/c1-4-16-14-10-15(18-11-17-14)19(5-2)13-9-7-6-8-12(13)3/h6-11H,4-5H2,1-3H3,(H,16,17,18). The summed E-state index contributed by atoms with van der Waals surface area (Å²) in [6.07, 6.45) is 1.61. The maximum atomic E-state index is 4.39. The molecular weight excluding hydrogens is 236 g/mol. The fourth-order valence-electron chi connectivity index (χ4n) is 2.09. The first-order valence-corrected chi connectivity index (χ1v) is 6.65. The summed E-state index contributed by atoms with van der Waals surface area (Å²) in [5.41, 5.74) is 2.43. The average molecular weight is 256 g/mol. The van der Waals surface area contributed by atoms with Gasteiger partial charge in [0, 0.05) is 24.8 Å². The summed E-state index contributed by atoms with van der Waals surface area (Å²) in [4.78, 5) is 10.8. The number of nitrogens with one attached hydrogen (secondary N) is 1. The van der Waals surface area contributed by atoms with Crippen molar-refractivity contribution in [2.75, 3.05) is 23.3 Å². The third-order valence-corrected chi connectivity index (χ3v) is 3.01. The molecule has 0 fully saturated rings. The highest BCUT2D eigenvalue weighted by atomic mass is 15.2. The Hall–Kier alpha value is -2.10. The van der Waals surface area contributed by atoms with Crippen molar-refractivity contribution in [1.82, 2.24) is 9.97 Å². The predicted octanol–water partition coefficient (Wildman–Crippen LogP) is 3.37. The van der Waals surface area contributed by atoms with E-state index in [2.05, 4.69) is 65.2 Å². The Balaban J connectivity index is 2.37. The van der Waals surface area contributed by atoms with E-state index in [1.165, 1.54) is 11.3 Å². The summed E-state index contributed by atoms with van der Waals surface area (Å²) in [5, 5.41) is 3.22. The largest absolute Gasteiger partial charge is 0.370 e. The van der Waals surface area contributed by atoms with Gasteiger partial charge in [0.05, 0.1) is 0 Å². The van der Waals surface area contributed by atoms with Gasteiger partial charge in [-0.15, -0.1) is 0 Å². The SMILES string of the molecule is CCNc1cc(N(CC)c2ccccc2C)ncn1. The van der Waals surface area contributed by atoms with Gasteiger partial charge in [0.15, 0.2) is 0 Å². The van der Waals surface area contributed by atoms with Gasteiger partial charge in [0.25, 0.3) is 0 Å². The predicted molar refractivity (Wildman–Crippen MR) is 80.1 cm³/mol. The number of rotatable bonds is 5. The fourth-order valence-corrected chi connectivity index (χ4v) is 2.09. The molecule has 0 atom stereocenters. The number of aryl methyl sites for hydroxylation is 1. The van der Waals surface area contributed by atoms with E-state index in [0.29, 0.717) is 0 Å². The summed E-state index contributed by atoms with van der Waals surface area (Å²) in [5.74, 6) is 1.78. The number of hydrogen-bond acceptors (Lipinski definition) is 4. The van der Waals surface area contributed by atoms with E-state index in [4.69, 9.17) is 0 Å². The first-order valence-electron chi connectivity index (χ1n) is 6.65. The van der Waals surface area contributed by atoms with Crippen molar-refractivity contribution < 1.29 is 0 Å². The second-order valence-corrected chi connectivity index (χ2v) is 4.32. The van der Waals surface area contributed by atoms with Crippen LogP contribution in [0.4, 0.5) is 17.3 Å². The van der Waals surface area contributed by atoms with Crippen LogP contribution in [-0.2, 0) is 0 Å². The van der Waals surface area contributed by atoms with Crippen LogP contribution in [0.25, 0.3) is 0 Å². The first-order chi connectivity index (χ1) is 9.26. The molecule has 100 valence electrons. The van der Waals surface area contributed by atoms with E-state index in [1.54, 1.807) is 6.33 Å². The van der Waals surface area contributed by atoms with Crippen LogP contribution in [-0.4, -0.2) is 23.1 Å². The van der Waals surface area contributed by atoms with E-state index in [1.807, 2.05) is 6.07 Å². The second-order valence-electron chi connectivity index (χ2n) is 4.32. The summed E-state index contributed by atoms with van der Waals surface area (Å²) in [7, 11) is 0. The molecule has 1 heterocycles. The van der Waals surface area contributed by atoms with Gasteiger partial charge in [-0.2, -0.15) is 0 Å². The zero-order chi connectivity index (χ0) is 13.7. The molecular formula is C15H20N4. The molecule has 0 spiro atoms. The van der Waals surface area contributed by atoms with Crippen LogP contribution in [0.1, 0.15) is 19.4 Å². The molecule has 4 heteroatoms. The van der Waals surface area contributed by atoms with E-state index >= 15 is 0 Å². The topological polar surface area (TPSA) is 41.0 Å². The van der Waals surface area contributed by atoms with Crippen LogP contribution in [0.5, 0.6) is 0 Å². The summed E-state index contributed by atoms with van der Waals surface area (Å²) in [6, 6.07) is 10.3. The lowest BCUT2D eigenvalue weighted by molar-refractivity contribution is 0.968. The maximum absolute atomic E-state index is 4.39. The van der Waals surface area contributed by atoms with Crippen molar-refractivity contribution in [3.8, 4) is 0 Å². The lowest BCUT2D eigenvalue weighted by Gasteiger charge is -2.24. The Kier molecular flexibility index (Phi) is 4.34. The van der Waals surface area contributed by atoms with Crippen molar-refractivity contribution in [3.63, 3.8) is 0 Å². The van der Waals surface area contributed by atoms with E-state index in [9.17, 15) is 0 Å². The van der Waals surface area contributed by atoms with Gasteiger partial charge < -0.3 is 10.2 Å². The van der Waals surface area contributed by atoms with Gasteiger partial charge in [0.1, 0.15) is 18.0 Å². The van der Waals surface area contributed by atoms with E-state index in [0.717, 1.165) is 24.7 Å². The van der Waals surface area contributed by atoms with E-state index in [-0.39, 0.29) is 0 Å². The molecule has 19 heavy (non-hydrogen) atoms. The monoisotopic (exact) mass is 256 g/mol. The van der Waals surface area contributed by atoms with Gasteiger partial charge in [0.2, 0.25) is 0 Å². The van der Waals surface area contributed by atoms with Crippen LogP contribution in [0.2, 0.25) is 0 Å². The van der Waals surface area contributed by atoms with Crippen molar-refractivity contribution >= 4 is 17.3 Å². The zero-order valence-electron chi connectivity index (χ0n) is 11.7. The molecule has 2 aromatic rings. The molecule has 0 bridgehead atoms. The highest BCUT2D eigenvalue weighted by Gasteiger charge is 2.11. The maximum Gasteiger partial charge on any atom is 0.138 e. The third-order valence-electron chi connectivity index (χ3n) is 3.01. The highest BCUT2D eigenvalue weighted by molar-refractivity contribution is 5.65. The Morgan fingerprint density at radius 3 is 2.63 bits per heavy atom. The Morgan fingerprint density at radius 2 is 1.95 bits per heavy atom. The van der Waals surface area contributed by atoms with Crippen molar-refractivity contribution in [1.29, 1.82) is 0 Å². The van der Waals surface area contributed by atoms with Crippen LogP contribution in [0.15, 0.2) is 36.7 Å². The van der Waals surface area contributed by atoms with Crippen LogP contribution >= 0.6 is 0 Å². The Bertz CT molecular complexity index is 539. The van der Waals surface area contributed by atoms with Gasteiger partial charge in [-0.1, -0.05) is 18.2 Å². The molecule has 1 aromatic heterocycles. The highest BCUT2D eigenvalue weighted by Crippen LogP contribution is 2.27. The lowest BCUT2D eigenvalue weighted by Crippen LogP contribution is -2.18. The quantitative estimate of drug-likeness (QED) is 0.890. The molecule has 0 amide bonds. The number of para-hydroxylation sites is 1. The first kappa shape index (κ1) is 13.3. The molecule has 0 saturated heterocycles. The number of benzene rings is 1. The molecule has 0 aliphatic carbocycles. The van der Waals surface area contributed by atoms with Crippen LogP contribution < -0.4 is 10.2 Å². The molecule has 1 N–H and O–H groups in total. The lowest BCUT2D eigenvalue weighted by atomic mass is 10.2. The van der Waals surface area contributed by atoms with Crippen molar-refractivity contribution in [2.45, 2.75) is 20.8 Å². The van der Waals surface area contributed by atoms with Gasteiger partial charge >= 0.3 is 0 Å². The molecule has 4 nitrogen and oxygen atoms in total. The zero-order valence-corrected chi connectivity index (χ0v) is 11.7. The summed E-state index contributed by atoms with van der Waals surface area (Å²) < 4.78 is 0. The molecule has 0 unspecified atom stereocenters. The summed E-state index contributed by atoms with van der Waals surface area (Å²) in [6.45, 7) is 8.02. The van der Waals surface area contributed by atoms with Crippen LogP contribution in [0.3, 0.4) is 0 Å². The number of hydrogen-bond donors (Lipinski definition) is 1. The minimum atomic E-state index is 0.854. The fraction of sp³-hybridized carbons (Fsp3) is 0.333. The van der Waals surface area contributed by atoms with Gasteiger partial charge in [-0.25, -0.2) is 9.97 Å². The molecule has 0 radical (unpaired) electrons. The third kappa shape index (κ3) is 3.02. The van der Waals surface area contributed by atoms with Crippen LogP contribution in [0, 0.1) is 6.92 Å². The molecule has 0 aliphatic heterocycles. The van der Waals surface area contributed by atoms with E-state index < -0.39 is 0 Å². The summed E-state index contributed by atoms with van der Waals surface area (Å²) >= 11 is 0. The number of aromatic nitrogens is 2. The minimum Gasteiger partial charge on any atom is -0.370 e. The van der Waals surface area contributed by atoms with Gasteiger partial charge in [-0.3, -0.25) is 0 Å². The molecule has 2 rings (SSSR count). The normalized spacial score (nSPS) is 10.3. The second kappa shape index (κ2) is 6.18. The number of anilines is 3. The molecule has 1 aromatic carbocycles. The Morgan fingerprint density at radius 1 is 1.16 bits per heavy atom. The average Bonchev–Trinajstić information content (AvgIpc) is 2.43.